The number of carbonyl (C=O) groups is 1. The van der Waals surface area contributed by atoms with Gasteiger partial charge in [0, 0.05) is 19.0 Å². The topological polar surface area (TPSA) is 32.3 Å². The van der Waals surface area contributed by atoms with Crippen molar-refractivity contribution in [3.63, 3.8) is 0 Å². The Morgan fingerprint density at radius 3 is 2.62 bits per heavy atom. The highest BCUT2D eigenvalue weighted by molar-refractivity contribution is 5.83. The molecule has 128 valence electrons. The molecule has 1 amide bonds. The van der Waals surface area contributed by atoms with Gasteiger partial charge in [0.2, 0.25) is 5.91 Å². The van der Waals surface area contributed by atoms with Crippen LogP contribution in [-0.2, 0) is 11.2 Å². The molecule has 3 heteroatoms. The summed E-state index contributed by atoms with van der Waals surface area (Å²) in [4.78, 5) is 14.9. The van der Waals surface area contributed by atoms with Gasteiger partial charge < -0.3 is 10.2 Å². The zero-order valence-electron chi connectivity index (χ0n) is 14.6. The predicted molar refractivity (Wildman–Crippen MR) is 100 cm³/mol. The number of benzene rings is 2. The summed E-state index contributed by atoms with van der Waals surface area (Å²) in [5.74, 6) is 0.317. The van der Waals surface area contributed by atoms with Crippen LogP contribution in [0.5, 0.6) is 0 Å². The number of nitrogens with zero attached hydrogens (tertiary/aromatic N) is 1. The third kappa shape index (κ3) is 4.15. The summed E-state index contributed by atoms with van der Waals surface area (Å²) >= 11 is 0. The lowest BCUT2D eigenvalue weighted by atomic mass is 10.0. The van der Waals surface area contributed by atoms with Crippen LogP contribution >= 0.6 is 0 Å². The summed E-state index contributed by atoms with van der Waals surface area (Å²) in [6, 6.07) is 15.4. The lowest BCUT2D eigenvalue weighted by Gasteiger charge is -2.34. The number of fused-ring (bicyclic) bond motifs is 1. The molecule has 1 N–H and O–H groups in total. The molecule has 1 aliphatic rings. The third-order valence-electron chi connectivity index (χ3n) is 4.98. The van der Waals surface area contributed by atoms with Crippen molar-refractivity contribution in [2.75, 3.05) is 19.6 Å². The molecule has 0 aliphatic carbocycles. The summed E-state index contributed by atoms with van der Waals surface area (Å²) < 4.78 is 0. The largest absolute Gasteiger partial charge is 0.340 e. The van der Waals surface area contributed by atoms with E-state index < -0.39 is 0 Å². The molecule has 0 unspecified atom stereocenters. The number of nitrogens with one attached hydrogen (secondary N) is 1. The Morgan fingerprint density at radius 1 is 1.12 bits per heavy atom. The third-order valence-corrected chi connectivity index (χ3v) is 4.98. The average Bonchev–Trinajstić information content (AvgIpc) is 2.64. The maximum atomic E-state index is 12.8. The highest BCUT2D eigenvalue weighted by atomic mass is 16.2. The van der Waals surface area contributed by atoms with Crippen molar-refractivity contribution in [2.45, 2.75) is 45.1 Å². The number of rotatable bonds is 6. The Kier molecular flexibility index (Phi) is 5.86. The summed E-state index contributed by atoms with van der Waals surface area (Å²) in [5, 5.41) is 5.90. The zero-order chi connectivity index (χ0) is 16.8. The van der Waals surface area contributed by atoms with Crippen LogP contribution in [0.2, 0.25) is 0 Å². The molecule has 3 rings (SSSR count). The van der Waals surface area contributed by atoms with E-state index in [-0.39, 0.29) is 0 Å². The number of hydrogen-bond acceptors (Lipinski definition) is 2. The number of amides is 1. The summed E-state index contributed by atoms with van der Waals surface area (Å²) in [7, 11) is 0. The molecular formula is C21H28N2O. The molecule has 2 aromatic carbocycles. The number of piperidine rings is 1. The second-order valence-corrected chi connectivity index (χ2v) is 6.75. The van der Waals surface area contributed by atoms with Gasteiger partial charge in [-0.1, -0.05) is 49.4 Å². The van der Waals surface area contributed by atoms with E-state index in [2.05, 4.69) is 59.6 Å². The minimum absolute atomic E-state index is 0.317. The predicted octanol–water partition coefficient (Wildman–Crippen LogP) is 3.76. The average molecular weight is 324 g/mol. The van der Waals surface area contributed by atoms with Crippen LogP contribution in [0.1, 0.15) is 38.2 Å². The lowest BCUT2D eigenvalue weighted by molar-refractivity contribution is -0.134. The van der Waals surface area contributed by atoms with Crippen LogP contribution < -0.4 is 5.32 Å². The van der Waals surface area contributed by atoms with Crippen molar-refractivity contribution in [1.29, 1.82) is 0 Å². The maximum Gasteiger partial charge on any atom is 0.223 e. The van der Waals surface area contributed by atoms with Gasteiger partial charge in [0.25, 0.3) is 0 Å². The summed E-state index contributed by atoms with van der Waals surface area (Å²) in [6.07, 6.45) is 4.65. The Balaban J connectivity index is 1.63. The number of aryl methyl sites for hydroxylation is 1. The molecular weight excluding hydrogens is 296 g/mol. The highest BCUT2D eigenvalue weighted by Gasteiger charge is 2.24. The Bertz CT molecular complexity index is 676. The van der Waals surface area contributed by atoms with Gasteiger partial charge in [-0.2, -0.15) is 0 Å². The lowest BCUT2D eigenvalue weighted by Crippen LogP contribution is -2.46. The normalized spacial score (nSPS) is 15.5. The maximum absolute atomic E-state index is 12.8. The molecule has 0 bridgehead atoms. The Labute approximate surface area is 145 Å². The van der Waals surface area contributed by atoms with Gasteiger partial charge in [-0.3, -0.25) is 4.79 Å². The molecule has 2 aromatic rings. The molecule has 1 aliphatic heterocycles. The SMILES string of the molecule is CCCN(C(=O)CCc1ccc2ccccc2c1)C1CCNCC1. The van der Waals surface area contributed by atoms with Gasteiger partial charge in [-0.15, -0.1) is 0 Å². The fraction of sp³-hybridized carbons (Fsp3) is 0.476. The van der Waals surface area contributed by atoms with E-state index in [0.29, 0.717) is 18.4 Å². The monoisotopic (exact) mass is 324 g/mol. The van der Waals surface area contributed by atoms with E-state index in [1.54, 1.807) is 0 Å². The van der Waals surface area contributed by atoms with Crippen LogP contribution in [0.15, 0.2) is 42.5 Å². The summed E-state index contributed by atoms with van der Waals surface area (Å²) in [6.45, 7) is 5.11. The van der Waals surface area contributed by atoms with E-state index in [0.717, 1.165) is 45.3 Å². The first-order chi connectivity index (χ1) is 11.8. The van der Waals surface area contributed by atoms with Crippen LogP contribution in [-0.4, -0.2) is 36.5 Å². The van der Waals surface area contributed by atoms with E-state index >= 15 is 0 Å². The van der Waals surface area contributed by atoms with Crippen LogP contribution in [0.3, 0.4) is 0 Å². The van der Waals surface area contributed by atoms with Gasteiger partial charge in [0.1, 0.15) is 0 Å². The van der Waals surface area contributed by atoms with Crippen LogP contribution in [0.25, 0.3) is 10.8 Å². The molecule has 0 radical (unpaired) electrons. The van der Waals surface area contributed by atoms with Gasteiger partial charge in [0.15, 0.2) is 0 Å². The van der Waals surface area contributed by atoms with Gasteiger partial charge in [-0.25, -0.2) is 0 Å². The minimum Gasteiger partial charge on any atom is -0.340 e. The first-order valence-corrected chi connectivity index (χ1v) is 9.26. The smallest absolute Gasteiger partial charge is 0.223 e. The molecule has 1 fully saturated rings. The molecule has 3 nitrogen and oxygen atoms in total. The molecule has 0 spiro atoms. The van der Waals surface area contributed by atoms with Crippen molar-refractivity contribution in [3.05, 3.63) is 48.0 Å². The molecule has 24 heavy (non-hydrogen) atoms. The molecule has 0 aromatic heterocycles. The first kappa shape index (κ1) is 17.0. The second kappa shape index (κ2) is 8.29. The Hall–Kier alpha value is -1.87. The molecule has 0 saturated carbocycles. The van der Waals surface area contributed by atoms with Crippen molar-refractivity contribution in [2.24, 2.45) is 0 Å². The number of carbonyl (C=O) groups excluding carboxylic acids is 1. The van der Waals surface area contributed by atoms with Gasteiger partial charge in [0.05, 0.1) is 0 Å². The van der Waals surface area contributed by atoms with Crippen LogP contribution in [0, 0.1) is 0 Å². The first-order valence-electron chi connectivity index (χ1n) is 9.26. The fourth-order valence-electron chi connectivity index (χ4n) is 3.66. The summed E-state index contributed by atoms with van der Waals surface area (Å²) in [5.41, 5.74) is 1.25. The van der Waals surface area contributed by atoms with Crippen molar-refractivity contribution < 1.29 is 4.79 Å². The van der Waals surface area contributed by atoms with Crippen molar-refractivity contribution >= 4 is 16.7 Å². The molecule has 1 saturated heterocycles. The quantitative estimate of drug-likeness (QED) is 0.877. The van der Waals surface area contributed by atoms with Crippen molar-refractivity contribution in [1.82, 2.24) is 10.2 Å². The highest BCUT2D eigenvalue weighted by Crippen LogP contribution is 2.18. The van der Waals surface area contributed by atoms with Gasteiger partial charge >= 0.3 is 0 Å². The Morgan fingerprint density at radius 2 is 1.88 bits per heavy atom. The van der Waals surface area contributed by atoms with Crippen molar-refractivity contribution in [3.8, 4) is 0 Å². The zero-order valence-corrected chi connectivity index (χ0v) is 14.6. The molecule has 0 atom stereocenters. The van der Waals surface area contributed by atoms with E-state index in [1.165, 1.54) is 16.3 Å². The van der Waals surface area contributed by atoms with E-state index in [1.807, 2.05) is 0 Å². The second-order valence-electron chi connectivity index (χ2n) is 6.75. The van der Waals surface area contributed by atoms with Crippen LogP contribution in [0.4, 0.5) is 0 Å². The van der Waals surface area contributed by atoms with E-state index in [4.69, 9.17) is 0 Å². The fourth-order valence-corrected chi connectivity index (χ4v) is 3.66. The number of hydrogen-bond donors (Lipinski definition) is 1. The minimum atomic E-state index is 0.317. The standard InChI is InChI=1S/C21H28N2O/c1-2-15-23(20-11-13-22-14-12-20)21(24)10-8-17-7-9-18-5-3-4-6-19(18)16-17/h3-7,9,16,20,22H,2,8,10-15H2,1H3. The van der Waals surface area contributed by atoms with E-state index in [9.17, 15) is 4.79 Å². The van der Waals surface area contributed by atoms with Gasteiger partial charge in [-0.05, 0) is 55.1 Å². The molecule has 1 heterocycles.